The maximum Gasteiger partial charge on any atom is 0.119 e. The molecule has 5 heteroatoms. The summed E-state index contributed by atoms with van der Waals surface area (Å²) < 4.78 is 5.66. The van der Waals surface area contributed by atoms with Gasteiger partial charge in [-0.3, -0.25) is 16.3 Å². The first-order valence-corrected chi connectivity index (χ1v) is 6.40. The van der Waals surface area contributed by atoms with Gasteiger partial charge < -0.3 is 4.74 Å². The predicted octanol–water partition coefficient (Wildman–Crippen LogP) is 2.19. The molecule has 0 aliphatic heterocycles. The van der Waals surface area contributed by atoms with E-state index in [1.807, 2.05) is 30.3 Å². The number of pyridine rings is 1. The van der Waals surface area contributed by atoms with Crippen LogP contribution in [-0.2, 0) is 6.42 Å². The molecular formula is C14H16ClN3O. The maximum atomic E-state index is 5.81. The Morgan fingerprint density at radius 1 is 1.21 bits per heavy atom. The third kappa shape index (κ3) is 4.52. The molecule has 3 N–H and O–H groups in total. The van der Waals surface area contributed by atoms with Gasteiger partial charge in [0.2, 0.25) is 0 Å². The molecule has 1 aromatic heterocycles. The van der Waals surface area contributed by atoms with E-state index in [0.717, 1.165) is 11.4 Å². The van der Waals surface area contributed by atoms with Crippen LogP contribution in [0, 0.1) is 0 Å². The number of halogens is 1. The number of rotatable bonds is 6. The Kier molecular flexibility index (Phi) is 5.15. The van der Waals surface area contributed by atoms with Crippen molar-refractivity contribution < 1.29 is 4.74 Å². The maximum absolute atomic E-state index is 5.81. The summed E-state index contributed by atoms with van der Waals surface area (Å²) in [5, 5.41) is 0.689. The van der Waals surface area contributed by atoms with E-state index in [2.05, 4.69) is 10.4 Å². The van der Waals surface area contributed by atoms with Gasteiger partial charge in [0.05, 0.1) is 6.04 Å². The molecule has 1 aromatic carbocycles. The smallest absolute Gasteiger partial charge is 0.119 e. The van der Waals surface area contributed by atoms with Crippen molar-refractivity contribution in [3.05, 3.63) is 59.4 Å². The second kappa shape index (κ2) is 7.09. The van der Waals surface area contributed by atoms with Crippen molar-refractivity contribution in [2.75, 3.05) is 6.61 Å². The second-order valence-electron chi connectivity index (χ2n) is 4.15. The number of hydrazine groups is 1. The zero-order valence-corrected chi connectivity index (χ0v) is 11.2. The summed E-state index contributed by atoms with van der Waals surface area (Å²) in [7, 11) is 0. The molecule has 2 rings (SSSR count). The van der Waals surface area contributed by atoms with E-state index in [1.165, 1.54) is 0 Å². The molecule has 0 amide bonds. The lowest BCUT2D eigenvalue weighted by Gasteiger charge is -2.16. The van der Waals surface area contributed by atoms with Gasteiger partial charge in [0, 0.05) is 23.3 Å². The monoisotopic (exact) mass is 277 g/mol. The van der Waals surface area contributed by atoms with E-state index in [4.69, 9.17) is 22.2 Å². The number of hydrogen-bond donors (Lipinski definition) is 2. The van der Waals surface area contributed by atoms with Crippen molar-refractivity contribution in [3.63, 3.8) is 0 Å². The molecule has 0 saturated carbocycles. The van der Waals surface area contributed by atoms with Gasteiger partial charge in [0.1, 0.15) is 12.4 Å². The number of nitrogens with zero attached hydrogens (tertiary/aromatic N) is 1. The van der Waals surface area contributed by atoms with Crippen molar-refractivity contribution in [1.82, 2.24) is 10.4 Å². The van der Waals surface area contributed by atoms with Gasteiger partial charge in [-0.2, -0.15) is 0 Å². The summed E-state index contributed by atoms with van der Waals surface area (Å²) in [6.07, 6.45) is 2.48. The van der Waals surface area contributed by atoms with E-state index < -0.39 is 0 Å². The molecule has 0 aliphatic carbocycles. The molecule has 4 nitrogen and oxygen atoms in total. The topological polar surface area (TPSA) is 60.2 Å². The SMILES string of the molecule is NNC(COc1ccc(Cl)cc1)Cc1ccccn1. The first kappa shape index (κ1) is 13.8. The fourth-order valence-electron chi connectivity index (χ4n) is 1.66. The number of benzene rings is 1. The third-order valence-electron chi connectivity index (χ3n) is 2.68. The summed E-state index contributed by atoms with van der Waals surface area (Å²) in [5.41, 5.74) is 3.72. The predicted molar refractivity (Wildman–Crippen MR) is 76.0 cm³/mol. The van der Waals surface area contributed by atoms with E-state index in [0.29, 0.717) is 18.1 Å². The minimum Gasteiger partial charge on any atom is -0.492 e. The molecule has 2 aromatic rings. The van der Waals surface area contributed by atoms with Crippen LogP contribution in [0.2, 0.25) is 5.02 Å². The Hall–Kier alpha value is -1.62. The quantitative estimate of drug-likeness (QED) is 0.628. The highest BCUT2D eigenvalue weighted by Gasteiger charge is 2.09. The van der Waals surface area contributed by atoms with Crippen molar-refractivity contribution >= 4 is 11.6 Å². The van der Waals surface area contributed by atoms with Crippen molar-refractivity contribution in [3.8, 4) is 5.75 Å². The van der Waals surface area contributed by atoms with Gasteiger partial charge in [0.25, 0.3) is 0 Å². The van der Waals surface area contributed by atoms with Crippen LogP contribution in [0.15, 0.2) is 48.7 Å². The molecule has 0 aliphatic rings. The van der Waals surface area contributed by atoms with Gasteiger partial charge in [0.15, 0.2) is 0 Å². The van der Waals surface area contributed by atoms with Crippen molar-refractivity contribution in [1.29, 1.82) is 0 Å². The van der Waals surface area contributed by atoms with Crippen LogP contribution >= 0.6 is 11.6 Å². The summed E-state index contributed by atoms with van der Waals surface area (Å²) in [6.45, 7) is 0.467. The molecule has 19 heavy (non-hydrogen) atoms. The molecule has 1 unspecified atom stereocenters. The number of ether oxygens (including phenoxy) is 1. The van der Waals surface area contributed by atoms with Crippen LogP contribution in [0.1, 0.15) is 5.69 Å². The molecule has 0 saturated heterocycles. The summed E-state index contributed by atoms with van der Waals surface area (Å²) in [4.78, 5) is 4.26. The Morgan fingerprint density at radius 2 is 2.00 bits per heavy atom. The van der Waals surface area contributed by atoms with E-state index in [1.54, 1.807) is 18.3 Å². The summed E-state index contributed by atoms with van der Waals surface area (Å²) >= 11 is 5.81. The molecule has 0 radical (unpaired) electrons. The largest absolute Gasteiger partial charge is 0.492 e. The highest BCUT2D eigenvalue weighted by atomic mass is 35.5. The van der Waals surface area contributed by atoms with E-state index in [9.17, 15) is 0 Å². The lowest BCUT2D eigenvalue weighted by atomic mass is 10.1. The molecule has 0 bridgehead atoms. The highest BCUT2D eigenvalue weighted by molar-refractivity contribution is 6.30. The van der Waals surface area contributed by atoms with Gasteiger partial charge in [-0.1, -0.05) is 17.7 Å². The van der Waals surface area contributed by atoms with Crippen molar-refractivity contribution in [2.24, 2.45) is 5.84 Å². The first-order chi connectivity index (χ1) is 9.28. The number of nitrogens with two attached hydrogens (primary N) is 1. The second-order valence-corrected chi connectivity index (χ2v) is 4.59. The van der Waals surface area contributed by atoms with Gasteiger partial charge in [-0.15, -0.1) is 0 Å². The number of aromatic nitrogens is 1. The lowest BCUT2D eigenvalue weighted by molar-refractivity contribution is 0.263. The molecule has 1 heterocycles. The first-order valence-electron chi connectivity index (χ1n) is 6.02. The van der Waals surface area contributed by atoms with Crippen LogP contribution < -0.4 is 16.0 Å². The van der Waals surface area contributed by atoms with Crippen LogP contribution in [0.5, 0.6) is 5.75 Å². The van der Waals surface area contributed by atoms with E-state index in [-0.39, 0.29) is 6.04 Å². The Bertz CT molecular complexity index is 490. The van der Waals surface area contributed by atoms with Gasteiger partial charge >= 0.3 is 0 Å². The van der Waals surface area contributed by atoms with Crippen LogP contribution in [0.4, 0.5) is 0 Å². The van der Waals surface area contributed by atoms with Gasteiger partial charge in [-0.25, -0.2) is 0 Å². The van der Waals surface area contributed by atoms with Crippen molar-refractivity contribution in [2.45, 2.75) is 12.5 Å². The number of hydrogen-bond acceptors (Lipinski definition) is 4. The number of nitrogens with one attached hydrogen (secondary N) is 1. The fourth-order valence-corrected chi connectivity index (χ4v) is 1.79. The third-order valence-corrected chi connectivity index (χ3v) is 2.93. The minimum atomic E-state index is 0.00516. The zero-order chi connectivity index (χ0) is 13.5. The molecule has 100 valence electrons. The summed E-state index contributed by atoms with van der Waals surface area (Å²) in [6, 6.07) is 13.1. The van der Waals surface area contributed by atoms with Gasteiger partial charge in [-0.05, 0) is 36.4 Å². The summed E-state index contributed by atoms with van der Waals surface area (Å²) in [5.74, 6) is 6.30. The normalized spacial score (nSPS) is 12.1. The zero-order valence-electron chi connectivity index (χ0n) is 10.4. The van der Waals surface area contributed by atoms with Crippen LogP contribution in [-0.4, -0.2) is 17.6 Å². The van der Waals surface area contributed by atoms with Crippen LogP contribution in [0.3, 0.4) is 0 Å². The minimum absolute atomic E-state index is 0.00516. The lowest BCUT2D eigenvalue weighted by Crippen LogP contribution is -2.41. The molecule has 0 spiro atoms. The average molecular weight is 278 g/mol. The van der Waals surface area contributed by atoms with E-state index >= 15 is 0 Å². The molecule has 1 atom stereocenters. The Morgan fingerprint density at radius 3 is 2.63 bits per heavy atom. The molecular weight excluding hydrogens is 262 g/mol. The Labute approximate surface area is 117 Å². The molecule has 0 fully saturated rings. The fraction of sp³-hybridized carbons (Fsp3) is 0.214. The standard InChI is InChI=1S/C14H16ClN3O/c15-11-4-6-14(7-5-11)19-10-13(18-16)9-12-3-1-2-8-17-12/h1-8,13,18H,9-10,16H2. The highest BCUT2D eigenvalue weighted by Crippen LogP contribution is 2.15. The Balaban J connectivity index is 1.87. The van der Waals surface area contributed by atoms with Crippen LogP contribution in [0.25, 0.3) is 0 Å². The average Bonchev–Trinajstić information content (AvgIpc) is 2.46.